The number of likely N-dealkylation sites (N-methyl/N-ethyl adjacent to an activating group) is 2. The number of carboxylic acid groups (broad SMARTS) is 1. The molecule has 0 saturated carbocycles. The van der Waals surface area contributed by atoms with Gasteiger partial charge in [-0.3, -0.25) is 14.5 Å². The molecule has 0 fully saturated rings. The number of hydroxylamine groups is 2. The summed E-state index contributed by atoms with van der Waals surface area (Å²) < 4.78 is 0. The molecule has 1 atom stereocenters. The molecule has 14 heavy (non-hydrogen) atoms. The summed E-state index contributed by atoms with van der Waals surface area (Å²) in [6, 6.07) is -1.14. The van der Waals surface area contributed by atoms with Crippen molar-refractivity contribution in [2.45, 2.75) is 6.04 Å². The van der Waals surface area contributed by atoms with Crippen LogP contribution < -0.4 is 0 Å². The van der Waals surface area contributed by atoms with Gasteiger partial charge in [0.2, 0.25) is 0 Å². The molecule has 0 aromatic carbocycles. The lowest BCUT2D eigenvalue weighted by atomic mass is 10.2. The summed E-state index contributed by atoms with van der Waals surface area (Å²) in [5, 5.41) is 18.3. The fourth-order valence-electron chi connectivity index (χ4n) is 0.799. The Morgan fingerprint density at radius 3 is 2.21 bits per heavy atom. The Balaban J connectivity index is 4.55. The third kappa shape index (κ3) is 2.86. The Labute approximate surface area is 81.4 Å². The first-order valence-corrected chi connectivity index (χ1v) is 3.84. The largest absolute Gasteiger partial charge is 0.465 e. The summed E-state index contributed by atoms with van der Waals surface area (Å²) in [5.41, 5.74) is 0. The summed E-state index contributed by atoms with van der Waals surface area (Å²) in [4.78, 5) is 27.2. The molecule has 0 unspecified atom stereocenters. The van der Waals surface area contributed by atoms with Crippen LogP contribution in [-0.2, 0) is 9.63 Å². The van der Waals surface area contributed by atoms with Gasteiger partial charge in [-0.2, -0.15) is 0 Å². The molecule has 0 aromatic rings. The number of aliphatic hydroxyl groups is 1. The third-order valence-corrected chi connectivity index (χ3v) is 1.81. The van der Waals surface area contributed by atoms with Crippen molar-refractivity contribution in [3.63, 3.8) is 0 Å². The van der Waals surface area contributed by atoms with Crippen LogP contribution in [0.5, 0.6) is 0 Å². The van der Waals surface area contributed by atoms with Gasteiger partial charge in [-0.1, -0.05) is 0 Å². The van der Waals surface area contributed by atoms with E-state index < -0.39 is 24.6 Å². The third-order valence-electron chi connectivity index (χ3n) is 1.81. The molecular weight excluding hydrogens is 192 g/mol. The monoisotopic (exact) mass is 206 g/mol. The lowest BCUT2D eigenvalue weighted by molar-refractivity contribution is -0.174. The van der Waals surface area contributed by atoms with Gasteiger partial charge in [0.25, 0.3) is 5.91 Å². The van der Waals surface area contributed by atoms with E-state index in [1.807, 2.05) is 0 Å². The zero-order chi connectivity index (χ0) is 11.3. The van der Waals surface area contributed by atoms with Crippen molar-refractivity contribution in [2.75, 3.05) is 27.8 Å². The van der Waals surface area contributed by atoms with Crippen LogP contribution in [0.2, 0.25) is 0 Å². The first-order chi connectivity index (χ1) is 6.45. The SMILES string of the molecule is CON(C)C(=O)[C@H](CO)N(C)C(=O)O. The van der Waals surface area contributed by atoms with Gasteiger partial charge in [0.1, 0.15) is 6.04 Å². The number of carbonyl (C=O) groups excluding carboxylic acids is 1. The molecule has 0 aliphatic heterocycles. The van der Waals surface area contributed by atoms with Crippen LogP contribution in [0.1, 0.15) is 0 Å². The average Bonchev–Trinajstić information content (AvgIpc) is 2.17. The van der Waals surface area contributed by atoms with E-state index in [1.165, 1.54) is 21.2 Å². The molecule has 2 amide bonds. The molecule has 0 radical (unpaired) electrons. The van der Waals surface area contributed by atoms with Crippen molar-refractivity contribution in [3.8, 4) is 0 Å². The molecular formula is C7H14N2O5. The smallest absolute Gasteiger partial charge is 0.407 e. The van der Waals surface area contributed by atoms with E-state index in [4.69, 9.17) is 10.2 Å². The predicted molar refractivity (Wildman–Crippen MR) is 46.4 cm³/mol. The molecule has 7 nitrogen and oxygen atoms in total. The van der Waals surface area contributed by atoms with E-state index in [-0.39, 0.29) is 0 Å². The van der Waals surface area contributed by atoms with Crippen molar-refractivity contribution >= 4 is 12.0 Å². The van der Waals surface area contributed by atoms with Crippen molar-refractivity contribution in [2.24, 2.45) is 0 Å². The second kappa shape index (κ2) is 5.40. The summed E-state index contributed by atoms with van der Waals surface area (Å²) in [6.07, 6.45) is -1.29. The van der Waals surface area contributed by atoms with Crippen LogP contribution in [0, 0.1) is 0 Å². The molecule has 0 bridgehead atoms. The Hall–Kier alpha value is -1.34. The van der Waals surface area contributed by atoms with Crippen molar-refractivity contribution < 1.29 is 24.6 Å². The molecule has 0 aromatic heterocycles. The molecule has 0 spiro atoms. The number of nitrogens with zero attached hydrogens (tertiary/aromatic N) is 2. The number of carbonyl (C=O) groups is 2. The number of rotatable bonds is 4. The van der Waals surface area contributed by atoms with E-state index in [1.54, 1.807) is 0 Å². The number of aliphatic hydroxyl groups excluding tert-OH is 1. The first-order valence-electron chi connectivity index (χ1n) is 3.84. The van der Waals surface area contributed by atoms with Gasteiger partial charge in [0.05, 0.1) is 13.7 Å². The molecule has 82 valence electrons. The van der Waals surface area contributed by atoms with E-state index in [0.29, 0.717) is 0 Å². The maximum Gasteiger partial charge on any atom is 0.407 e. The minimum atomic E-state index is -1.29. The highest BCUT2D eigenvalue weighted by Gasteiger charge is 2.28. The van der Waals surface area contributed by atoms with E-state index >= 15 is 0 Å². The number of hydrogen-bond acceptors (Lipinski definition) is 4. The Kier molecular flexibility index (Phi) is 4.89. The van der Waals surface area contributed by atoms with Crippen LogP contribution in [0.25, 0.3) is 0 Å². The van der Waals surface area contributed by atoms with Crippen LogP contribution >= 0.6 is 0 Å². The van der Waals surface area contributed by atoms with E-state index in [0.717, 1.165) is 9.96 Å². The van der Waals surface area contributed by atoms with Crippen molar-refractivity contribution in [1.29, 1.82) is 0 Å². The quantitative estimate of drug-likeness (QED) is 0.574. The van der Waals surface area contributed by atoms with Gasteiger partial charge in [-0.15, -0.1) is 0 Å². The highest BCUT2D eigenvalue weighted by atomic mass is 16.7. The Morgan fingerprint density at radius 2 is 1.93 bits per heavy atom. The highest BCUT2D eigenvalue weighted by Crippen LogP contribution is 2.01. The Morgan fingerprint density at radius 1 is 1.43 bits per heavy atom. The standard InChI is InChI=1S/C7H14N2O5/c1-8(7(12)13)5(4-10)6(11)9(2)14-3/h5,10H,4H2,1-3H3,(H,12,13)/t5-/m0/s1. The summed E-state index contributed by atoms with van der Waals surface area (Å²) in [5.74, 6) is -0.625. The van der Waals surface area contributed by atoms with Gasteiger partial charge in [0.15, 0.2) is 0 Å². The zero-order valence-electron chi connectivity index (χ0n) is 8.30. The van der Waals surface area contributed by atoms with Crippen LogP contribution in [0.15, 0.2) is 0 Å². The summed E-state index contributed by atoms with van der Waals surface area (Å²) >= 11 is 0. The number of amides is 2. The second-order valence-electron chi connectivity index (χ2n) is 2.61. The lowest BCUT2D eigenvalue weighted by Crippen LogP contribution is -2.49. The summed E-state index contributed by atoms with van der Waals surface area (Å²) in [6.45, 7) is -0.588. The van der Waals surface area contributed by atoms with Gasteiger partial charge in [-0.05, 0) is 0 Å². The molecule has 7 heteroatoms. The lowest BCUT2D eigenvalue weighted by Gasteiger charge is -2.25. The fraction of sp³-hybridized carbons (Fsp3) is 0.714. The number of hydrogen-bond donors (Lipinski definition) is 2. The fourth-order valence-corrected chi connectivity index (χ4v) is 0.799. The van der Waals surface area contributed by atoms with Gasteiger partial charge in [0, 0.05) is 14.1 Å². The van der Waals surface area contributed by atoms with E-state index in [9.17, 15) is 9.59 Å². The van der Waals surface area contributed by atoms with Crippen LogP contribution in [0.4, 0.5) is 4.79 Å². The maximum absolute atomic E-state index is 11.4. The molecule has 0 rings (SSSR count). The molecule has 2 N–H and O–H groups in total. The molecule has 0 aliphatic rings. The molecule has 0 saturated heterocycles. The maximum atomic E-state index is 11.4. The summed E-state index contributed by atoms with van der Waals surface area (Å²) in [7, 11) is 3.80. The minimum absolute atomic E-state index is 0.588. The highest BCUT2D eigenvalue weighted by molar-refractivity contribution is 5.84. The Bertz CT molecular complexity index is 220. The average molecular weight is 206 g/mol. The van der Waals surface area contributed by atoms with Crippen molar-refractivity contribution in [3.05, 3.63) is 0 Å². The normalized spacial score (nSPS) is 12.0. The second-order valence-corrected chi connectivity index (χ2v) is 2.61. The topological polar surface area (TPSA) is 90.3 Å². The zero-order valence-corrected chi connectivity index (χ0v) is 8.30. The van der Waals surface area contributed by atoms with E-state index in [2.05, 4.69) is 4.84 Å². The predicted octanol–water partition coefficient (Wildman–Crippen LogP) is -1.02. The molecule has 0 aliphatic carbocycles. The molecule has 0 heterocycles. The van der Waals surface area contributed by atoms with Crippen molar-refractivity contribution in [1.82, 2.24) is 9.96 Å². The van der Waals surface area contributed by atoms with Gasteiger partial charge < -0.3 is 10.2 Å². The van der Waals surface area contributed by atoms with Crippen LogP contribution in [-0.4, -0.2) is 66.0 Å². The minimum Gasteiger partial charge on any atom is -0.465 e. The van der Waals surface area contributed by atoms with Gasteiger partial charge >= 0.3 is 6.09 Å². The van der Waals surface area contributed by atoms with Gasteiger partial charge in [-0.25, -0.2) is 9.86 Å². The first kappa shape index (κ1) is 12.7. The van der Waals surface area contributed by atoms with Crippen LogP contribution in [0.3, 0.4) is 0 Å².